The van der Waals surface area contributed by atoms with Crippen molar-refractivity contribution >= 4 is 0 Å². The van der Waals surface area contributed by atoms with E-state index in [4.69, 9.17) is 10.5 Å². The Morgan fingerprint density at radius 3 is 2.71 bits per heavy atom. The van der Waals surface area contributed by atoms with Gasteiger partial charge in [-0.25, -0.2) is 4.98 Å². The molecule has 0 radical (unpaired) electrons. The summed E-state index contributed by atoms with van der Waals surface area (Å²) in [5.74, 6) is 0.876. The predicted molar refractivity (Wildman–Crippen MR) is 64.5 cm³/mol. The largest absolute Gasteiger partial charge is 0.494 e. The Bertz CT molecular complexity index is 424. The first-order valence-corrected chi connectivity index (χ1v) is 5.62. The van der Waals surface area contributed by atoms with Crippen LogP contribution in [0, 0.1) is 0 Å². The molecular formula is C12H16N4O. The highest BCUT2D eigenvalue weighted by Crippen LogP contribution is 2.11. The third-order valence-electron chi connectivity index (χ3n) is 2.43. The van der Waals surface area contributed by atoms with E-state index in [-0.39, 0.29) is 0 Å². The maximum atomic E-state index is 5.60. The van der Waals surface area contributed by atoms with Crippen molar-refractivity contribution in [3.63, 3.8) is 0 Å². The molecule has 2 rings (SSSR count). The van der Waals surface area contributed by atoms with Crippen molar-refractivity contribution in [2.24, 2.45) is 5.73 Å². The van der Waals surface area contributed by atoms with Gasteiger partial charge in [0.25, 0.3) is 0 Å². The van der Waals surface area contributed by atoms with Crippen LogP contribution in [-0.4, -0.2) is 21.4 Å². The molecule has 2 aromatic rings. The van der Waals surface area contributed by atoms with Gasteiger partial charge in [0.15, 0.2) is 0 Å². The monoisotopic (exact) mass is 232 g/mol. The van der Waals surface area contributed by atoms with Gasteiger partial charge in [0, 0.05) is 19.5 Å². The van der Waals surface area contributed by atoms with Gasteiger partial charge >= 0.3 is 0 Å². The molecule has 0 aliphatic heterocycles. The summed E-state index contributed by atoms with van der Waals surface area (Å²) in [6, 6.07) is 7.84. The third kappa shape index (κ3) is 3.57. The van der Waals surface area contributed by atoms with Crippen molar-refractivity contribution in [1.82, 2.24) is 14.8 Å². The molecular weight excluding hydrogens is 216 g/mol. The summed E-state index contributed by atoms with van der Waals surface area (Å²) in [4.78, 5) is 3.88. The van der Waals surface area contributed by atoms with Crippen LogP contribution >= 0.6 is 0 Å². The molecule has 17 heavy (non-hydrogen) atoms. The zero-order valence-electron chi connectivity index (χ0n) is 9.62. The molecule has 0 aliphatic rings. The first kappa shape index (κ1) is 11.6. The van der Waals surface area contributed by atoms with E-state index in [2.05, 4.69) is 10.1 Å². The Morgan fingerprint density at radius 1 is 1.24 bits per heavy atom. The Balaban J connectivity index is 1.70. The molecule has 1 aromatic carbocycles. The molecule has 0 unspecified atom stereocenters. The topological polar surface area (TPSA) is 66.0 Å². The smallest absolute Gasteiger partial charge is 0.137 e. The normalized spacial score (nSPS) is 10.4. The lowest BCUT2D eigenvalue weighted by atomic mass is 10.2. The second-order valence-electron chi connectivity index (χ2n) is 3.71. The van der Waals surface area contributed by atoms with Gasteiger partial charge in [-0.1, -0.05) is 12.1 Å². The Labute approximate surface area is 100 Å². The van der Waals surface area contributed by atoms with Crippen LogP contribution in [0.2, 0.25) is 0 Å². The zero-order valence-corrected chi connectivity index (χ0v) is 9.62. The zero-order chi connectivity index (χ0) is 11.9. The number of rotatable bonds is 6. The number of hydrogen-bond acceptors (Lipinski definition) is 4. The third-order valence-corrected chi connectivity index (χ3v) is 2.43. The highest BCUT2D eigenvalue weighted by atomic mass is 16.5. The van der Waals surface area contributed by atoms with Crippen LogP contribution in [-0.2, 0) is 13.1 Å². The van der Waals surface area contributed by atoms with E-state index >= 15 is 0 Å². The van der Waals surface area contributed by atoms with Gasteiger partial charge in [0.2, 0.25) is 0 Å². The molecule has 0 saturated heterocycles. The quantitative estimate of drug-likeness (QED) is 0.760. The standard InChI is InChI=1S/C12H16N4O/c13-8-11-2-4-12(5-3-11)17-7-1-6-16-10-14-9-15-16/h2-5,9-10H,1,6-8,13H2. The summed E-state index contributed by atoms with van der Waals surface area (Å²) in [6.45, 7) is 2.05. The minimum absolute atomic E-state index is 0.562. The number of benzene rings is 1. The summed E-state index contributed by atoms with van der Waals surface area (Å²) in [7, 11) is 0. The molecule has 0 aliphatic carbocycles. The number of nitrogens with zero attached hydrogens (tertiary/aromatic N) is 3. The fourth-order valence-corrected chi connectivity index (χ4v) is 1.49. The van der Waals surface area contributed by atoms with E-state index in [0.717, 1.165) is 24.3 Å². The Kier molecular flexibility index (Phi) is 4.10. The lowest BCUT2D eigenvalue weighted by molar-refractivity contribution is 0.298. The van der Waals surface area contributed by atoms with Crippen LogP contribution in [0.4, 0.5) is 0 Å². The van der Waals surface area contributed by atoms with E-state index in [1.54, 1.807) is 11.0 Å². The van der Waals surface area contributed by atoms with E-state index < -0.39 is 0 Å². The summed E-state index contributed by atoms with van der Waals surface area (Å²) in [5.41, 5.74) is 6.63. The average molecular weight is 232 g/mol. The van der Waals surface area contributed by atoms with Crippen LogP contribution in [0.25, 0.3) is 0 Å². The Morgan fingerprint density at radius 2 is 2.06 bits per heavy atom. The molecule has 0 fully saturated rings. The first-order chi connectivity index (χ1) is 8.38. The van der Waals surface area contributed by atoms with Crippen molar-refractivity contribution in [3.05, 3.63) is 42.5 Å². The summed E-state index contributed by atoms with van der Waals surface area (Å²) >= 11 is 0. The molecule has 5 nitrogen and oxygen atoms in total. The number of nitrogens with two attached hydrogens (primary N) is 1. The Hall–Kier alpha value is -1.88. The molecule has 5 heteroatoms. The molecule has 0 amide bonds. The van der Waals surface area contributed by atoms with E-state index in [1.165, 1.54) is 6.33 Å². The minimum Gasteiger partial charge on any atom is -0.494 e. The maximum absolute atomic E-state index is 5.60. The first-order valence-electron chi connectivity index (χ1n) is 5.62. The highest BCUT2D eigenvalue weighted by molar-refractivity contribution is 5.26. The predicted octanol–water partition coefficient (Wildman–Crippen LogP) is 1.21. The summed E-state index contributed by atoms with van der Waals surface area (Å²) in [6.07, 6.45) is 4.14. The van der Waals surface area contributed by atoms with E-state index in [0.29, 0.717) is 13.2 Å². The van der Waals surface area contributed by atoms with Gasteiger partial charge in [-0.3, -0.25) is 4.68 Å². The molecule has 2 N–H and O–H groups in total. The maximum Gasteiger partial charge on any atom is 0.137 e. The number of aromatic nitrogens is 3. The fourth-order valence-electron chi connectivity index (χ4n) is 1.49. The van der Waals surface area contributed by atoms with Gasteiger partial charge < -0.3 is 10.5 Å². The van der Waals surface area contributed by atoms with Crippen molar-refractivity contribution < 1.29 is 4.74 Å². The van der Waals surface area contributed by atoms with E-state index in [9.17, 15) is 0 Å². The summed E-state index contributed by atoms with van der Waals surface area (Å²) < 4.78 is 7.39. The molecule has 0 spiro atoms. The SMILES string of the molecule is NCc1ccc(OCCCn2cncn2)cc1. The number of ether oxygens (including phenoxy) is 1. The van der Waals surface area contributed by atoms with Crippen molar-refractivity contribution in [2.75, 3.05) is 6.61 Å². The van der Waals surface area contributed by atoms with Crippen LogP contribution in [0.3, 0.4) is 0 Å². The van der Waals surface area contributed by atoms with Crippen molar-refractivity contribution in [2.45, 2.75) is 19.5 Å². The van der Waals surface area contributed by atoms with E-state index in [1.807, 2.05) is 24.3 Å². The minimum atomic E-state index is 0.562. The van der Waals surface area contributed by atoms with Gasteiger partial charge in [-0.2, -0.15) is 5.10 Å². The lowest BCUT2D eigenvalue weighted by Gasteiger charge is -2.06. The number of aryl methyl sites for hydroxylation is 1. The van der Waals surface area contributed by atoms with Crippen LogP contribution in [0.5, 0.6) is 5.75 Å². The summed E-state index contributed by atoms with van der Waals surface area (Å²) in [5, 5.41) is 4.02. The molecule has 0 saturated carbocycles. The van der Waals surface area contributed by atoms with Crippen molar-refractivity contribution in [1.29, 1.82) is 0 Å². The molecule has 90 valence electrons. The van der Waals surface area contributed by atoms with Crippen LogP contribution in [0.15, 0.2) is 36.9 Å². The number of hydrogen-bond donors (Lipinski definition) is 1. The molecule has 0 atom stereocenters. The lowest BCUT2D eigenvalue weighted by Crippen LogP contribution is -2.05. The average Bonchev–Trinajstić information content (AvgIpc) is 2.88. The molecule has 1 heterocycles. The molecule has 0 bridgehead atoms. The second-order valence-corrected chi connectivity index (χ2v) is 3.71. The van der Waals surface area contributed by atoms with Crippen LogP contribution < -0.4 is 10.5 Å². The molecule has 1 aromatic heterocycles. The van der Waals surface area contributed by atoms with Crippen molar-refractivity contribution in [3.8, 4) is 5.75 Å². The van der Waals surface area contributed by atoms with Gasteiger partial charge in [0.05, 0.1) is 6.61 Å². The van der Waals surface area contributed by atoms with Gasteiger partial charge in [-0.15, -0.1) is 0 Å². The van der Waals surface area contributed by atoms with Gasteiger partial charge in [-0.05, 0) is 17.7 Å². The highest BCUT2D eigenvalue weighted by Gasteiger charge is 1.95. The fraction of sp³-hybridized carbons (Fsp3) is 0.333. The van der Waals surface area contributed by atoms with Gasteiger partial charge in [0.1, 0.15) is 18.4 Å². The second kappa shape index (κ2) is 6.00. The van der Waals surface area contributed by atoms with Crippen LogP contribution in [0.1, 0.15) is 12.0 Å².